The average molecular weight is 296 g/mol. The van der Waals surface area contributed by atoms with Crippen molar-refractivity contribution in [3.05, 3.63) is 23.2 Å². The number of amides is 1. The van der Waals surface area contributed by atoms with E-state index in [1.807, 2.05) is 31.1 Å². The number of halogens is 1. The molecule has 1 fully saturated rings. The molecular formula is C15H22ClN3O. The van der Waals surface area contributed by atoms with Gasteiger partial charge < -0.3 is 16.0 Å². The number of hydrogen-bond acceptors (Lipinski definition) is 3. The van der Waals surface area contributed by atoms with Gasteiger partial charge in [0.25, 0.3) is 0 Å². The SMILES string of the molecule is CN(C)c1ccc(Cl)cc1NC(=O)C1(N)CCCCC1. The van der Waals surface area contributed by atoms with E-state index < -0.39 is 5.54 Å². The number of rotatable bonds is 3. The summed E-state index contributed by atoms with van der Waals surface area (Å²) in [6, 6.07) is 5.47. The minimum Gasteiger partial charge on any atom is -0.376 e. The molecule has 4 nitrogen and oxygen atoms in total. The van der Waals surface area contributed by atoms with E-state index in [9.17, 15) is 4.79 Å². The largest absolute Gasteiger partial charge is 0.376 e. The summed E-state index contributed by atoms with van der Waals surface area (Å²) >= 11 is 6.02. The van der Waals surface area contributed by atoms with Crippen molar-refractivity contribution in [2.75, 3.05) is 24.3 Å². The number of carbonyl (C=O) groups is 1. The molecule has 0 spiro atoms. The minimum absolute atomic E-state index is 0.109. The highest BCUT2D eigenvalue weighted by atomic mass is 35.5. The van der Waals surface area contributed by atoms with E-state index >= 15 is 0 Å². The van der Waals surface area contributed by atoms with Gasteiger partial charge in [0.15, 0.2) is 0 Å². The summed E-state index contributed by atoms with van der Waals surface area (Å²) in [5.74, 6) is -0.109. The van der Waals surface area contributed by atoms with Crippen LogP contribution in [0, 0.1) is 0 Å². The molecule has 2 rings (SSSR count). The summed E-state index contributed by atoms with van der Waals surface area (Å²) in [6.45, 7) is 0. The third-order valence-corrected chi connectivity index (χ3v) is 4.12. The first kappa shape index (κ1) is 15.1. The predicted octanol–water partition coefficient (Wildman–Crippen LogP) is 3.01. The van der Waals surface area contributed by atoms with Gasteiger partial charge in [-0.2, -0.15) is 0 Å². The molecule has 0 unspecified atom stereocenters. The van der Waals surface area contributed by atoms with E-state index in [0.29, 0.717) is 10.7 Å². The van der Waals surface area contributed by atoms with Crippen molar-refractivity contribution in [3.63, 3.8) is 0 Å². The van der Waals surface area contributed by atoms with Gasteiger partial charge in [-0.15, -0.1) is 0 Å². The number of nitrogens with one attached hydrogen (secondary N) is 1. The molecule has 20 heavy (non-hydrogen) atoms. The third kappa shape index (κ3) is 3.25. The number of nitrogens with two attached hydrogens (primary N) is 1. The first-order chi connectivity index (χ1) is 9.42. The summed E-state index contributed by atoms with van der Waals surface area (Å²) in [5, 5.41) is 3.55. The van der Waals surface area contributed by atoms with Crippen LogP contribution < -0.4 is 16.0 Å². The normalized spacial score (nSPS) is 17.6. The lowest BCUT2D eigenvalue weighted by Gasteiger charge is -2.32. The van der Waals surface area contributed by atoms with Crippen LogP contribution >= 0.6 is 11.6 Å². The molecule has 1 aliphatic carbocycles. The summed E-state index contributed by atoms with van der Waals surface area (Å²) in [5.41, 5.74) is 7.14. The lowest BCUT2D eigenvalue weighted by Crippen LogP contribution is -2.52. The second-order valence-electron chi connectivity index (χ2n) is 5.73. The van der Waals surface area contributed by atoms with Crippen LogP contribution in [0.15, 0.2) is 18.2 Å². The fourth-order valence-corrected chi connectivity index (χ4v) is 2.83. The first-order valence-corrected chi connectivity index (χ1v) is 7.37. The molecule has 3 N–H and O–H groups in total. The number of hydrogen-bond donors (Lipinski definition) is 2. The summed E-state index contributed by atoms with van der Waals surface area (Å²) < 4.78 is 0. The van der Waals surface area contributed by atoms with Gasteiger partial charge in [-0.25, -0.2) is 0 Å². The molecule has 1 aromatic rings. The quantitative estimate of drug-likeness (QED) is 0.901. The molecule has 0 bridgehead atoms. The van der Waals surface area contributed by atoms with Crippen molar-refractivity contribution in [2.45, 2.75) is 37.6 Å². The number of anilines is 2. The lowest BCUT2D eigenvalue weighted by molar-refractivity contribution is -0.122. The molecule has 0 heterocycles. The van der Waals surface area contributed by atoms with Crippen molar-refractivity contribution in [2.24, 2.45) is 5.73 Å². The Hall–Kier alpha value is -1.26. The van der Waals surface area contributed by atoms with Crippen molar-refractivity contribution in [3.8, 4) is 0 Å². The smallest absolute Gasteiger partial charge is 0.244 e. The topological polar surface area (TPSA) is 58.4 Å². The molecule has 0 aromatic heterocycles. The highest BCUT2D eigenvalue weighted by Crippen LogP contribution is 2.31. The summed E-state index contributed by atoms with van der Waals surface area (Å²) in [7, 11) is 3.86. The van der Waals surface area contributed by atoms with Crippen LogP contribution in [0.2, 0.25) is 5.02 Å². The van der Waals surface area contributed by atoms with Crippen molar-refractivity contribution >= 4 is 28.9 Å². The van der Waals surface area contributed by atoms with Crippen LogP contribution in [0.5, 0.6) is 0 Å². The van der Waals surface area contributed by atoms with Crippen LogP contribution in [0.25, 0.3) is 0 Å². The van der Waals surface area contributed by atoms with Crippen LogP contribution in [0.3, 0.4) is 0 Å². The minimum atomic E-state index is -0.746. The number of nitrogens with zero attached hydrogens (tertiary/aromatic N) is 1. The number of benzene rings is 1. The zero-order valence-corrected chi connectivity index (χ0v) is 12.8. The first-order valence-electron chi connectivity index (χ1n) is 6.99. The number of carbonyl (C=O) groups excluding carboxylic acids is 1. The Kier molecular flexibility index (Phi) is 4.55. The van der Waals surface area contributed by atoms with E-state index in [-0.39, 0.29) is 5.91 Å². The van der Waals surface area contributed by atoms with Crippen LogP contribution in [-0.2, 0) is 4.79 Å². The van der Waals surface area contributed by atoms with E-state index in [1.165, 1.54) is 0 Å². The molecule has 1 aromatic carbocycles. The van der Waals surface area contributed by atoms with E-state index in [2.05, 4.69) is 5.32 Å². The van der Waals surface area contributed by atoms with Gasteiger partial charge in [-0.1, -0.05) is 30.9 Å². The van der Waals surface area contributed by atoms with Gasteiger partial charge in [0.2, 0.25) is 5.91 Å². The summed E-state index contributed by atoms with van der Waals surface area (Å²) in [4.78, 5) is 14.4. The molecule has 1 amide bonds. The van der Waals surface area contributed by atoms with Gasteiger partial charge in [-0.3, -0.25) is 4.79 Å². The maximum Gasteiger partial charge on any atom is 0.244 e. The second kappa shape index (κ2) is 6.02. The van der Waals surface area contributed by atoms with Crippen molar-refractivity contribution in [1.82, 2.24) is 0 Å². The maximum atomic E-state index is 12.5. The zero-order chi connectivity index (χ0) is 14.8. The molecule has 5 heteroatoms. The van der Waals surface area contributed by atoms with E-state index in [0.717, 1.165) is 37.8 Å². The van der Waals surface area contributed by atoms with E-state index in [4.69, 9.17) is 17.3 Å². The van der Waals surface area contributed by atoms with Crippen LogP contribution in [0.1, 0.15) is 32.1 Å². The Bertz CT molecular complexity index is 496. The Labute approximate surface area is 125 Å². The predicted molar refractivity (Wildman–Crippen MR) is 84.4 cm³/mol. The fraction of sp³-hybridized carbons (Fsp3) is 0.533. The second-order valence-corrected chi connectivity index (χ2v) is 6.16. The van der Waals surface area contributed by atoms with Crippen molar-refractivity contribution < 1.29 is 4.79 Å². The van der Waals surface area contributed by atoms with Crippen LogP contribution in [-0.4, -0.2) is 25.5 Å². The monoisotopic (exact) mass is 295 g/mol. The molecule has 1 saturated carbocycles. The molecule has 0 saturated heterocycles. The lowest BCUT2D eigenvalue weighted by atomic mass is 9.82. The standard InChI is InChI=1S/C15H22ClN3O/c1-19(2)13-7-6-11(16)10-12(13)18-14(20)15(17)8-4-3-5-9-15/h6-7,10H,3-5,8-9,17H2,1-2H3,(H,18,20). The Morgan fingerprint density at radius 2 is 1.95 bits per heavy atom. The molecule has 1 aliphatic rings. The molecular weight excluding hydrogens is 274 g/mol. The van der Waals surface area contributed by atoms with Gasteiger partial charge in [0.1, 0.15) is 0 Å². The Balaban J connectivity index is 2.20. The van der Waals surface area contributed by atoms with Gasteiger partial charge in [0, 0.05) is 19.1 Å². The highest BCUT2D eigenvalue weighted by Gasteiger charge is 2.35. The zero-order valence-electron chi connectivity index (χ0n) is 12.1. The fourth-order valence-electron chi connectivity index (χ4n) is 2.65. The van der Waals surface area contributed by atoms with Crippen molar-refractivity contribution in [1.29, 1.82) is 0 Å². The van der Waals surface area contributed by atoms with E-state index in [1.54, 1.807) is 6.07 Å². The summed E-state index contributed by atoms with van der Waals surface area (Å²) in [6.07, 6.45) is 4.68. The van der Waals surface area contributed by atoms with Gasteiger partial charge >= 0.3 is 0 Å². The Morgan fingerprint density at radius 3 is 2.55 bits per heavy atom. The molecule has 0 radical (unpaired) electrons. The maximum absolute atomic E-state index is 12.5. The highest BCUT2D eigenvalue weighted by molar-refractivity contribution is 6.31. The molecule has 0 aliphatic heterocycles. The molecule has 0 atom stereocenters. The average Bonchev–Trinajstić information content (AvgIpc) is 2.39. The third-order valence-electron chi connectivity index (χ3n) is 3.89. The van der Waals surface area contributed by atoms with Gasteiger partial charge in [0.05, 0.1) is 16.9 Å². The van der Waals surface area contributed by atoms with Crippen LogP contribution in [0.4, 0.5) is 11.4 Å². The Morgan fingerprint density at radius 1 is 1.30 bits per heavy atom. The molecule has 110 valence electrons. The van der Waals surface area contributed by atoms with Gasteiger partial charge in [-0.05, 0) is 31.0 Å².